The standard InChI is InChI=1S/C9H19NS/c1-8(2)10(3)7-9-5-4-6-11-9/h8-9H,4-7H2,1-3H3. The molecule has 1 unspecified atom stereocenters. The van der Waals surface area contributed by atoms with Gasteiger partial charge in [-0.1, -0.05) is 0 Å². The van der Waals surface area contributed by atoms with Crippen molar-refractivity contribution in [3.8, 4) is 0 Å². The molecule has 11 heavy (non-hydrogen) atoms. The Kier molecular flexibility index (Phi) is 3.73. The third-order valence-corrected chi connectivity index (χ3v) is 3.78. The van der Waals surface area contributed by atoms with Crippen molar-refractivity contribution in [2.45, 2.75) is 38.0 Å². The summed E-state index contributed by atoms with van der Waals surface area (Å²) in [7, 11) is 2.23. The molecule has 0 aromatic carbocycles. The Morgan fingerprint density at radius 1 is 1.55 bits per heavy atom. The summed E-state index contributed by atoms with van der Waals surface area (Å²) in [5.74, 6) is 1.39. The Labute approximate surface area is 74.5 Å². The van der Waals surface area contributed by atoms with E-state index in [4.69, 9.17) is 0 Å². The van der Waals surface area contributed by atoms with Gasteiger partial charge in [0, 0.05) is 17.8 Å². The van der Waals surface area contributed by atoms with Crippen LogP contribution in [0.15, 0.2) is 0 Å². The van der Waals surface area contributed by atoms with Gasteiger partial charge in [0.15, 0.2) is 0 Å². The monoisotopic (exact) mass is 173 g/mol. The van der Waals surface area contributed by atoms with E-state index in [1.807, 2.05) is 0 Å². The molecule has 66 valence electrons. The van der Waals surface area contributed by atoms with Crippen molar-refractivity contribution >= 4 is 11.8 Å². The van der Waals surface area contributed by atoms with Crippen LogP contribution in [0.3, 0.4) is 0 Å². The third-order valence-electron chi connectivity index (χ3n) is 2.40. The Bertz CT molecular complexity index is 108. The second-order valence-electron chi connectivity index (χ2n) is 3.67. The third kappa shape index (κ3) is 3.04. The highest BCUT2D eigenvalue weighted by atomic mass is 32.2. The average molecular weight is 173 g/mol. The second-order valence-corrected chi connectivity index (χ2v) is 5.08. The molecular formula is C9H19NS. The number of thioether (sulfide) groups is 1. The van der Waals surface area contributed by atoms with E-state index >= 15 is 0 Å². The zero-order valence-corrected chi connectivity index (χ0v) is 8.66. The van der Waals surface area contributed by atoms with Crippen LogP contribution in [0.5, 0.6) is 0 Å². The van der Waals surface area contributed by atoms with E-state index in [1.54, 1.807) is 0 Å². The summed E-state index contributed by atoms with van der Waals surface area (Å²) in [6.45, 7) is 5.81. The fourth-order valence-corrected chi connectivity index (χ4v) is 2.66. The van der Waals surface area contributed by atoms with Crippen molar-refractivity contribution < 1.29 is 0 Å². The van der Waals surface area contributed by atoms with Gasteiger partial charge in [-0.25, -0.2) is 0 Å². The summed E-state index contributed by atoms with van der Waals surface area (Å²) in [6.07, 6.45) is 2.86. The quantitative estimate of drug-likeness (QED) is 0.644. The summed E-state index contributed by atoms with van der Waals surface area (Å²) in [4.78, 5) is 2.45. The van der Waals surface area contributed by atoms with Crippen LogP contribution in [0.1, 0.15) is 26.7 Å². The summed E-state index contributed by atoms with van der Waals surface area (Å²) in [5.41, 5.74) is 0. The van der Waals surface area contributed by atoms with Gasteiger partial charge < -0.3 is 4.90 Å². The Morgan fingerprint density at radius 2 is 2.27 bits per heavy atom. The van der Waals surface area contributed by atoms with E-state index in [0.717, 1.165) is 5.25 Å². The van der Waals surface area contributed by atoms with Crippen LogP contribution in [0, 0.1) is 0 Å². The minimum absolute atomic E-state index is 0.705. The molecule has 2 heteroatoms. The van der Waals surface area contributed by atoms with Crippen molar-refractivity contribution in [1.29, 1.82) is 0 Å². The molecule has 0 aromatic rings. The van der Waals surface area contributed by atoms with Gasteiger partial charge in [-0.05, 0) is 39.5 Å². The smallest absolute Gasteiger partial charge is 0.0175 e. The highest BCUT2D eigenvalue weighted by Crippen LogP contribution is 2.26. The molecular weight excluding hydrogens is 154 g/mol. The number of rotatable bonds is 3. The normalized spacial score (nSPS) is 25.4. The van der Waals surface area contributed by atoms with Gasteiger partial charge in [-0.15, -0.1) is 0 Å². The maximum absolute atomic E-state index is 2.45. The Hall–Kier alpha value is 0.310. The fraction of sp³-hybridized carbons (Fsp3) is 1.00. The van der Waals surface area contributed by atoms with Crippen molar-refractivity contribution in [2.75, 3.05) is 19.3 Å². The van der Waals surface area contributed by atoms with Crippen LogP contribution in [-0.2, 0) is 0 Å². The van der Waals surface area contributed by atoms with Gasteiger partial charge in [0.1, 0.15) is 0 Å². The molecule has 0 saturated carbocycles. The summed E-state index contributed by atoms with van der Waals surface area (Å²) in [6, 6.07) is 0.705. The Morgan fingerprint density at radius 3 is 2.73 bits per heavy atom. The zero-order valence-electron chi connectivity index (χ0n) is 7.84. The predicted molar refractivity (Wildman–Crippen MR) is 53.2 cm³/mol. The van der Waals surface area contributed by atoms with Gasteiger partial charge in [-0.3, -0.25) is 0 Å². The lowest BCUT2D eigenvalue weighted by Gasteiger charge is -2.23. The molecule has 0 amide bonds. The summed E-state index contributed by atoms with van der Waals surface area (Å²) < 4.78 is 0. The van der Waals surface area contributed by atoms with Crippen LogP contribution in [0.4, 0.5) is 0 Å². The number of hydrogen-bond donors (Lipinski definition) is 0. The van der Waals surface area contributed by atoms with E-state index in [0.29, 0.717) is 6.04 Å². The van der Waals surface area contributed by atoms with Crippen LogP contribution in [-0.4, -0.2) is 35.5 Å². The first-order chi connectivity index (χ1) is 5.20. The lowest BCUT2D eigenvalue weighted by Crippen LogP contribution is -2.32. The van der Waals surface area contributed by atoms with Crippen molar-refractivity contribution in [1.82, 2.24) is 4.90 Å². The molecule has 1 aliphatic rings. The van der Waals surface area contributed by atoms with Crippen molar-refractivity contribution in [3.63, 3.8) is 0 Å². The van der Waals surface area contributed by atoms with Crippen molar-refractivity contribution in [3.05, 3.63) is 0 Å². The first kappa shape index (κ1) is 9.40. The molecule has 0 spiro atoms. The average Bonchev–Trinajstić information content (AvgIpc) is 2.39. The lowest BCUT2D eigenvalue weighted by atomic mass is 10.2. The highest BCUT2D eigenvalue weighted by molar-refractivity contribution is 8.00. The van der Waals surface area contributed by atoms with Gasteiger partial charge in [0.2, 0.25) is 0 Å². The SMILES string of the molecule is CC(C)N(C)CC1CCCS1. The minimum Gasteiger partial charge on any atom is -0.303 e. The van der Waals surface area contributed by atoms with Crippen LogP contribution >= 0.6 is 11.8 Å². The van der Waals surface area contributed by atoms with E-state index in [1.165, 1.54) is 25.1 Å². The van der Waals surface area contributed by atoms with Gasteiger partial charge in [0.05, 0.1) is 0 Å². The highest BCUT2D eigenvalue weighted by Gasteiger charge is 2.17. The van der Waals surface area contributed by atoms with Gasteiger partial charge in [0.25, 0.3) is 0 Å². The molecule has 0 aromatic heterocycles. The maximum Gasteiger partial charge on any atom is 0.0175 e. The van der Waals surface area contributed by atoms with Crippen LogP contribution < -0.4 is 0 Å². The summed E-state index contributed by atoms with van der Waals surface area (Å²) >= 11 is 2.15. The Balaban J connectivity index is 2.18. The lowest BCUT2D eigenvalue weighted by molar-refractivity contribution is 0.273. The minimum atomic E-state index is 0.705. The van der Waals surface area contributed by atoms with Crippen LogP contribution in [0.2, 0.25) is 0 Å². The molecule has 0 bridgehead atoms. The van der Waals surface area contributed by atoms with E-state index in [2.05, 4.69) is 37.6 Å². The molecule has 1 saturated heterocycles. The first-order valence-corrected chi connectivity index (χ1v) is 5.57. The summed E-state index contributed by atoms with van der Waals surface area (Å²) in [5, 5.41) is 0.919. The fourth-order valence-electron chi connectivity index (χ4n) is 1.32. The molecule has 1 heterocycles. The molecule has 1 nitrogen and oxygen atoms in total. The molecule has 0 aliphatic carbocycles. The van der Waals surface area contributed by atoms with Gasteiger partial charge in [-0.2, -0.15) is 11.8 Å². The molecule has 1 rings (SSSR count). The second kappa shape index (κ2) is 4.36. The largest absolute Gasteiger partial charge is 0.303 e. The van der Waals surface area contributed by atoms with Crippen molar-refractivity contribution in [2.24, 2.45) is 0 Å². The topological polar surface area (TPSA) is 3.24 Å². The van der Waals surface area contributed by atoms with Gasteiger partial charge >= 0.3 is 0 Å². The zero-order chi connectivity index (χ0) is 8.27. The first-order valence-electron chi connectivity index (χ1n) is 4.52. The maximum atomic E-state index is 2.45. The molecule has 1 atom stereocenters. The predicted octanol–water partition coefficient (Wildman–Crippen LogP) is 2.22. The van der Waals surface area contributed by atoms with E-state index in [-0.39, 0.29) is 0 Å². The van der Waals surface area contributed by atoms with Crippen LogP contribution in [0.25, 0.3) is 0 Å². The number of hydrogen-bond acceptors (Lipinski definition) is 2. The molecule has 0 N–H and O–H groups in total. The van der Waals surface area contributed by atoms with E-state index in [9.17, 15) is 0 Å². The number of nitrogens with zero attached hydrogens (tertiary/aromatic N) is 1. The molecule has 1 aliphatic heterocycles. The van der Waals surface area contributed by atoms with E-state index < -0.39 is 0 Å². The molecule has 0 radical (unpaired) electrons. The molecule has 1 fully saturated rings.